The molecular formula is C16H36N4. The lowest BCUT2D eigenvalue weighted by atomic mass is 9.81. The first-order valence-corrected chi connectivity index (χ1v) is 8.36. The van der Waals surface area contributed by atoms with Gasteiger partial charge in [0.25, 0.3) is 0 Å². The first kappa shape index (κ1) is 19.2. The molecule has 0 bridgehead atoms. The van der Waals surface area contributed by atoms with Gasteiger partial charge in [-0.15, -0.1) is 0 Å². The third-order valence-corrected chi connectivity index (χ3v) is 3.71. The van der Waals surface area contributed by atoms with E-state index in [0.29, 0.717) is 6.04 Å². The molecule has 0 spiro atoms. The van der Waals surface area contributed by atoms with E-state index in [-0.39, 0.29) is 5.96 Å². The van der Waals surface area contributed by atoms with Crippen LogP contribution in [0.1, 0.15) is 66.2 Å². The number of hydrogen-bond donors (Lipinski definition) is 3. The van der Waals surface area contributed by atoms with Crippen molar-refractivity contribution in [2.75, 3.05) is 13.1 Å². The molecule has 0 heterocycles. The molecule has 0 radical (unpaired) electrons. The second-order valence-electron chi connectivity index (χ2n) is 5.96. The van der Waals surface area contributed by atoms with Gasteiger partial charge >= 0.3 is 0 Å². The van der Waals surface area contributed by atoms with Gasteiger partial charge in [0.2, 0.25) is 0 Å². The highest BCUT2D eigenvalue weighted by Crippen LogP contribution is 2.29. The predicted octanol–water partition coefficient (Wildman–Crippen LogP) is 2.87. The lowest BCUT2D eigenvalue weighted by molar-refractivity contribution is 0.260. The summed E-state index contributed by atoms with van der Waals surface area (Å²) in [6, 6.07) is 0.715. The smallest absolute Gasteiger partial charge is 0.185 e. The largest absolute Gasteiger partial charge is 0.370 e. The molecule has 0 aliphatic heterocycles. The van der Waals surface area contributed by atoms with Crippen molar-refractivity contribution in [3.8, 4) is 0 Å². The zero-order valence-electron chi connectivity index (χ0n) is 14.0. The van der Waals surface area contributed by atoms with Crippen molar-refractivity contribution in [2.45, 2.75) is 72.3 Å². The van der Waals surface area contributed by atoms with Crippen LogP contribution in [0.5, 0.6) is 0 Å². The Kier molecular flexibility index (Phi) is 11.5. The van der Waals surface area contributed by atoms with Crippen molar-refractivity contribution in [1.82, 2.24) is 5.32 Å². The molecule has 1 aliphatic carbocycles. The van der Waals surface area contributed by atoms with Crippen LogP contribution >= 0.6 is 0 Å². The molecule has 0 aromatic heterocycles. The Morgan fingerprint density at radius 1 is 1.15 bits per heavy atom. The van der Waals surface area contributed by atoms with Gasteiger partial charge in [-0.05, 0) is 56.9 Å². The summed E-state index contributed by atoms with van der Waals surface area (Å²) in [5, 5.41) is 3.62. The minimum atomic E-state index is 0.198. The molecular weight excluding hydrogens is 248 g/mol. The highest BCUT2D eigenvalue weighted by atomic mass is 15.0. The van der Waals surface area contributed by atoms with Gasteiger partial charge in [-0.25, -0.2) is 0 Å². The van der Waals surface area contributed by atoms with Crippen molar-refractivity contribution >= 4 is 5.96 Å². The Morgan fingerprint density at radius 3 is 2.25 bits per heavy atom. The van der Waals surface area contributed by atoms with E-state index in [0.717, 1.165) is 31.3 Å². The molecule has 0 aromatic rings. The van der Waals surface area contributed by atoms with Crippen molar-refractivity contribution in [3.05, 3.63) is 0 Å². The first-order valence-electron chi connectivity index (χ1n) is 8.36. The number of rotatable bonds is 7. The van der Waals surface area contributed by atoms with Crippen LogP contribution in [-0.4, -0.2) is 25.1 Å². The van der Waals surface area contributed by atoms with Crippen LogP contribution in [0, 0.1) is 11.8 Å². The number of aliphatic imine (C=N–C) groups is 1. The van der Waals surface area contributed by atoms with Crippen LogP contribution in [0.15, 0.2) is 4.99 Å². The van der Waals surface area contributed by atoms with Crippen molar-refractivity contribution in [2.24, 2.45) is 28.3 Å². The number of nitrogens with zero attached hydrogens (tertiary/aromatic N) is 1. The lowest BCUT2D eigenvalue weighted by Gasteiger charge is -2.30. The van der Waals surface area contributed by atoms with Crippen LogP contribution in [0.2, 0.25) is 0 Å². The summed E-state index contributed by atoms with van der Waals surface area (Å²) in [6.45, 7) is 10.4. The molecule has 0 atom stereocenters. The first-order chi connectivity index (χ1) is 9.58. The predicted molar refractivity (Wildman–Crippen MR) is 89.8 cm³/mol. The minimum Gasteiger partial charge on any atom is -0.370 e. The van der Waals surface area contributed by atoms with E-state index in [1.54, 1.807) is 0 Å². The minimum absolute atomic E-state index is 0.198. The molecule has 4 nitrogen and oxygen atoms in total. The second-order valence-corrected chi connectivity index (χ2v) is 5.96. The maximum Gasteiger partial charge on any atom is 0.185 e. The van der Waals surface area contributed by atoms with Crippen LogP contribution in [0.25, 0.3) is 0 Å². The average Bonchev–Trinajstić information content (AvgIpc) is 2.41. The number of nitrogens with one attached hydrogen (secondary N) is 1. The third-order valence-electron chi connectivity index (χ3n) is 3.71. The highest BCUT2D eigenvalue weighted by molar-refractivity contribution is 5.75. The van der Waals surface area contributed by atoms with Crippen LogP contribution in [0.3, 0.4) is 0 Å². The molecule has 1 saturated carbocycles. The topological polar surface area (TPSA) is 76.4 Å². The molecule has 0 saturated heterocycles. The Labute approximate surface area is 125 Å². The molecule has 0 unspecified atom stereocenters. The number of hydrogen-bond acceptors (Lipinski definition) is 2. The number of guanidine groups is 1. The third kappa shape index (κ3) is 10.1. The molecule has 20 heavy (non-hydrogen) atoms. The van der Waals surface area contributed by atoms with Crippen molar-refractivity contribution in [3.63, 3.8) is 0 Å². The van der Waals surface area contributed by atoms with Crippen molar-refractivity contribution in [1.29, 1.82) is 0 Å². The van der Waals surface area contributed by atoms with E-state index in [1.165, 1.54) is 32.1 Å². The number of nitrogens with two attached hydrogens (primary N) is 2. The van der Waals surface area contributed by atoms with E-state index in [4.69, 9.17) is 11.5 Å². The fourth-order valence-corrected chi connectivity index (χ4v) is 2.86. The molecule has 0 aromatic carbocycles. The molecule has 120 valence electrons. The lowest BCUT2D eigenvalue weighted by Crippen LogP contribution is -2.34. The summed E-state index contributed by atoms with van der Waals surface area (Å²) in [4.78, 5) is 3.98. The second kappa shape index (κ2) is 12.0. The van der Waals surface area contributed by atoms with Crippen LogP contribution in [0.4, 0.5) is 0 Å². The van der Waals surface area contributed by atoms with Gasteiger partial charge in [0.15, 0.2) is 5.96 Å². The van der Waals surface area contributed by atoms with Gasteiger partial charge in [-0.1, -0.05) is 27.7 Å². The molecule has 0 amide bonds. The van der Waals surface area contributed by atoms with Gasteiger partial charge in [-0.3, -0.25) is 4.99 Å². The molecule has 1 rings (SSSR count). The summed E-state index contributed by atoms with van der Waals surface area (Å²) < 4.78 is 0. The van der Waals surface area contributed by atoms with E-state index in [1.807, 2.05) is 13.8 Å². The van der Waals surface area contributed by atoms with E-state index < -0.39 is 0 Å². The Balaban J connectivity index is 0.00000172. The molecule has 5 N–H and O–H groups in total. The summed E-state index contributed by atoms with van der Waals surface area (Å²) in [7, 11) is 0. The average molecular weight is 284 g/mol. The normalized spacial score (nSPS) is 22.1. The van der Waals surface area contributed by atoms with Crippen LogP contribution in [-0.2, 0) is 0 Å². The summed E-state index contributed by atoms with van der Waals surface area (Å²) in [5.74, 6) is 2.01. The Morgan fingerprint density at radius 2 is 1.75 bits per heavy atom. The van der Waals surface area contributed by atoms with Gasteiger partial charge in [0.1, 0.15) is 0 Å². The summed E-state index contributed by atoms with van der Waals surface area (Å²) >= 11 is 0. The van der Waals surface area contributed by atoms with E-state index in [2.05, 4.69) is 24.2 Å². The zero-order chi connectivity index (χ0) is 15.4. The fourth-order valence-electron chi connectivity index (χ4n) is 2.86. The van der Waals surface area contributed by atoms with Gasteiger partial charge in [0, 0.05) is 12.6 Å². The Hall–Kier alpha value is -0.770. The summed E-state index contributed by atoms with van der Waals surface area (Å²) in [6.07, 6.45) is 7.87. The maximum atomic E-state index is 5.28. The highest BCUT2D eigenvalue weighted by Gasteiger charge is 2.20. The standard InChI is InChI=1S/C14H30N4.C2H6/c1-11(2)10-12-4-6-13(7-5-12)17-8-3-9-18-14(15)16;1-2/h11-13,17H,3-10H2,1-2H3,(H4,15,16,18);1-2H3. The zero-order valence-corrected chi connectivity index (χ0v) is 14.0. The maximum absolute atomic E-state index is 5.28. The summed E-state index contributed by atoms with van der Waals surface area (Å²) in [5.41, 5.74) is 10.6. The quantitative estimate of drug-likeness (QED) is 0.382. The van der Waals surface area contributed by atoms with Crippen molar-refractivity contribution < 1.29 is 0 Å². The fraction of sp³-hybridized carbons (Fsp3) is 0.938. The molecule has 4 heteroatoms. The van der Waals surface area contributed by atoms with Gasteiger partial charge in [0.05, 0.1) is 0 Å². The molecule has 1 aliphatic rings. The van der Waals surface area contributed by atoms with Crippen LogP contribution < -0.4 is 16.8 Å². The monoisotopic (exact) mass is 284 g/mol. The van der Waals surface area contributed by atoms with E-state index >= 15 is 0 Å². The van der Waals surface area contributed by atoms with Gasteiger partial charge in [-0.2, -0.15) is 0 Å². The SMILES string of the molecule is CC.CC(C)CC1CCC(NCCCN=C(N)N)CC1. The van der Waals surface area contributed by atoms with E-state index in [9.17, 15) is 0 Å². The van der Waals surface area contributed by atoms with Gasteiger partial charge < -0.3 is 16.8 Å². The Bertz CT molecular complexity index is 239. The molecule has 1 fully saturated rings.